The first-order valence-corrected chi connectivity index (χ1v) is 15.6. The highest BCUT2D eigenvalue weighted by molar-refractivity contribution is 7.15. The molecule has 1 atom stereocenters. The summed E-state index contributed by atoms with van der Waals surface area (Å²) in [6, 6.07) is 9.07. The molecule has 7 rings (SSSR count). The van der Waals surface area contributed by atoms with E-state index in [1.54, 1.807) is 17.5 Å². The first kappa shape index (κ1) is 26.9. The molecule has 1 aromatic carbocycles. The van der Waals surface area contributed by atoms with E-state index in [0.29, 0.717) is 11.3 Å². The zero-order valence-corrected chi connectivity index (χ0v) is 25.3. The molecule has 9 nitrogen and oxygen atoms in total. The molecule has 1 saturated heterocycles. The van der Waals surface area contributed by atoms with Crippen molar-refractivity contribution in [1.29, 1.82) is 0 Å². The lowest BCUT2D eigenvalue weighted by Gasteiger charge is -2.37. The molecule has 1 saturated carbocycles. The number of thiophene rings is 1. The number of carboxylic acid groups (broad SMARTS) is 1. The van der Waals surface area contributed by atoms with Crippen molar-refractivity contribution in [2.45, 2.75) is 71.8 Å². The molecular weight excluding hydrogens is 546 g/mol. The van der Waals surface area contributed by atoms with E-state index in [2.05, 4.69) is 74.7 Å². The first-order valence-electron chi connectivity index (χ1n) is 14.7. The van der Waals surface area contributed by atoms with Gasteiger partial charge in [-0.3, -0.25) is 9.56 Å². The molecule has 2 aliphatic heterocycles. The summed E-state index contributed by atoms with van der Waals surface area (Å²) in [5.74, 6) is 2.09. The van der Waals surface area contributed by atoms with Crippen LogP contribution in [0.3, 0.4) is 0 Å². The zero-order chi connectivity index (χ0) is 29.2. The summed E-state index contributed by atoms with van der Waals surface area (Å²) < 4.78 is 2.19. The minimum atomic E-state index is -1.04. The second-order valence-electron chi connectivity index (χ2n) is 12.2. The van der Waals surface area contributed by atoms with E-state index in [1.807, 2.05) is 6.92 Å². The highest BCUT2D eigenvalue weighted by atomic mass is 32.1. The van der Waals surface area contributed by atoms with Crippen LogP contribution in [0.25, 0.3) is 5.00 Å². The van der Waals surface area contributed by atoms with Gasteiger partial charge in [-0.15, -0.1) is 21.5 Å². The number of benzene rings is 1. The number of carbonyl (C=O) groups is 1. The molecule has 10 heteroatoms. The molecule has 42 heavy (non-hydrogen) atoms. The maximum Gasteiger partial charge on any atom is 0.356 e. The molecule has 0 unspecified atom stereocenters. The largest absolute Gasteiger partial charge is 0.476 e. The lowest BCUT2D eigenvalue weighted by molar-refractivity contribution is 0.0690. The van der Waals surface area contributed by atoms with E-state index in [1.165, 1.54) is 58.4 Å². The fourth-order valence-electron chi connectivity index (χ4n) is 7.09. The molecule has 3 aromatic heterocycles. The minimum Gasteiger partial charge on any atom is -0.476 e. The third-order valence-corrected chi connectivity index (χ3v) is 10.9. The molecule has 4 aromatic rings. The highest BCUT2D eigenvalue weighted by Crippen LogP contribution is 2.49. The van der Waals surface area contributed by atoms with E-state index in [9.17, 15) is 4.79 Å². The van der Waals surface area contributed by atoms with E-state index >= 15 is 0 Å². The molecule has 1 aliphatic carbocycles. The van der Waals surface area contributed by atoms with Gasteiger partial charge in [-0.1, -0.05) is 24.3 Å². The van der Waals surface area contributed by atoms with E-state index < -0.39 is 5.97 Å². The fourth-order valence-corrected chi connectivity index (χ4v) is 8.30. The van der Waals surface area contributed by atoms with Gasteiger partial charge in [-0.05, 0) is 82.3 Å². The van der Waals surface area contributed by atoms with Gasteiger partial charge in [-0.25, -0.2) is 14.8 Å². The molecule has 0 radical (unpaired) electrons. The Morgan fingerprint density at radius 3 is 2.48 bits per heavy atom. The number of rotatable bonds is 4. The predicted molar refractivity (Wildman–Crippen MR) is 163 cm³/mol. The van der Waals surface area contributed by atoms with Crippen molar-refractivity contribution < 1.29 is 9.90 Å². The number of anilines is 1. The van der Waals surface area contributed by atoms with Gasteiger partial charge in [0.1, 0.15) is 22.7 Å². The summed E-state index contributed by atoms with van der Waals surface area (Å²) in [6.07, 6.45) is 8.84. The number of nitrogens with zero attached hydrogens (tertiary/aromatic N) is 7. The van der Waals surface area contributed by atoms with Gasteiger partial charge in [0, 0.05) is 29.1 Å². The van der Waals surface area contributed by atoms with E-state index in [-0.39, 0.29) is 11.7 Å². The topological polar surface area (TPSA) is 109 Å². The van der Waals surface area contributed by atoms with Gasteiger partial charge in [0.2, 0.25) is 0 Å². The lowest BCUT2D eigenvalue weighted by atomic mass is 9.68. The van der Waals surface area contributed by atoms with Crippen LogP contribution in [0, 0.1) is 26.2 Å². The van der Waals surface area contributed by atoms with Crippen molar-refractivity contribution in [1.82, 2.24) is 24.7 Å². The van der Waals surface area contributed by atoms with Gasteiger partial charge in [-0.2, -0.15) is 0 Å². The first-order chi connectivity index (χ1) is 20.2. The molecule has 3 aliphatic rings. The molecule has 1 spiro atoms. The molecule has 1 N–H and O–H groups in total. The second kappa shape index (κ2) is 10.1. The predicted octanol–water partition coefficient (Wildman–Crippen LogP) is 6.21. The number of aromatic nitrogens is 5. The monoisotopic (exact) mass is 581 g/mol. The number of aromatic carboxylic acids is 1. The number of aryl methyl sites for hydroxylation is 2. The smallest absolute Gasteiger partial charge is 0.356 e. The third-order valence-electron chi connectivity index (χ3n) is 9.67. The Morgan fingerprint density at radius 1 is 1.02 bits per heavy atom. The van der Waals surface area contributed by atoms with Crippen LogP contribution in [0.1, 0.15) is 100 Å². The van der Waals surface area contributed by atoms with Gasteiger partial charge in [0.15, 0.2) is 11.5 Å². The summed E-state index contributed by atoms with van der Waals surface area (Å²) in [4.78, 5) is 28.4. The lowest BCUT2D eigenvalue weighted by Crippen LogP contribution is -2.31. The number of hydrogen-bond acceptors (Lipinski definition) is 8. The summed E-state index contributed by atoms with van der Waals surface area (Å²) in [5, 5.41) is 19.1. The van der Waals surface area contributed by atoms with Crippen LogP contribution in [0.2, 0.25) is 0 Å². The maximum atomic E-state index is 11.1. The Morgan fingerprint density at radius 2 is 1.79 bits per heavy atom. The SMILES string of the molecule is Cc1sc2c(c1C)C(c1ccc(C3CCC4(CC3)CCN(c3cnc(C(=O)O)cn3)C4)cc1)=N[C@@H](C)c1nnc(C)n1-2. The average molecular weight is 582 g/mol. The van der Waals surface area contributed by atoms with Gasteiger partial charge < -0.3 is 10.0 Å². The van der Waals surface area contributed by atoms with Crippen LogP contribution in [0.5, 0.6) is 0 Å². The van der Waals surface area contributed by atoms with Crippen molar-refractivity contribution in [3.63, 3.8) is 0 Å². The summed E-state index contributed by atoms with van der Waals surface area (Å²) in [7, 11) is 0. The van der Waals surface area contributed by atoms with E-state index in [0.717, 1.165) is 48.3 Å². The average Bonchev–Trinajstić information content (AvgIpc) is 3.65. The van der Waals surface area contributed by atoms with Crippen LogP contribution in [0.15, 0.2) is 41.7 Å². The normalized spacial score (nSPS) is 23.4. The van der Waals surface area contributed by atoms with Crippen molar-refractivity contribution in [2.24, 2.45) is 10.4 Å². The molecule has 0 amide bonds. The Kier molecular flexibility index (Phi) is 6.49. The van der Waals surface area contributed by atoms with Gasteiger partial charge in [0.05, 0.1) is 18.1 Å². The summed E-state index contributed by atoms with van der Waals surface area (Å²) in [6.45, 7) is 10.4. The molecule has 216 valence electrons. The van der Waals surface area contributed by atoms with Crippen LogP contribution < -0.4 is 4.90 Å². The molecule has 5 heterocycles. The third kappa shape index (κ3) is 4.43. The standard InChI is InChI=1S/C32H35N7O2S/c1-18-20(3)42-30-27(18)28(35-19(2)29-37-36-21(4)39(29)30)24-7-5-22(6-8-24)23-9-11-32(12-10-23)13-14-38(17-32)26-16-33-25(15-34-26)31(40)41/h5-8,15-16,19,23H,9-14,17H2,1-4H3,(H,40,41)/t19-,23?,32?/m0/s1. The van der Waals surface area contributed by atoms with Gasteiger partial charge in [0.25, 0.3) is 0 Å². The Bertz CT molecular complexity index is 1700. The van der Waals surface area contributed by atoms with Crippen molar-refractivity contribution in [2.75, 3.05) is 18.0 Å². The number of aliphatic imine (C=N–C) groups is 1. The quantitative estimate of drug-likeness (QED) is 0.305. The Hall–Kier alpha value is -3.92. The zero-order valence-electron chi connectivity index (χ0n) is 24.5. The summed E-state index contributed by atoms with van der Waals surface area (Å²) >= 11 is 1.80. The van der Waals surface area contributed by atoms with Crippen molar-refractivity contribution in [3.05, 3.63) is 81.1 Å². The van der Waals surface area contributed by atoms with E-state index in [4.69, 9.17) is 10.1 Å². The maximum absolute atomic E-state index is 11.1. The highest BCUT2D eigenvalue weighted by Gasteiger charge is 2.41. The molecular formula is C32H35N7O2S. The Balaban J connectivity index is 1.07. The van der Waals surface area contributed by atoms with Gasteiger partial charge >= 0.3 is 5.97 Å². The van der Waals surface area contributed by atoms with Crippen LogP contribution >= 0.6 is 11.3 Å². The van der Waals surface area contributed by atoms with Crippen LogP contribution in [-0.2, 0) is 0 Å². The van der Waals surface area contributed by atoms with Crippen molar-refractivity contribution in [3.8, 4) is 5.00 Å². The van der Waals surface area contributed by atoms with Crippen molar-refractivity contribution >= 4 is 28.8 Å². The summed E-state index contributed by atoms with van der Waals surface area (Å²) in [5.41, 5.74) is 6.37. The minimum absolute atomic E-state index is 0.0138. The van der Waals surface area contributed by atoms with Crippen LogP contribution in [0.4, 0.5) is 5.82 Å². The van der Waals surface area contributed by atoms with Crippen LogP contribution in [-0.4, -0.2) is 54.6 Å². The number of carboxylic acids is 1. The fraction of sp³-hybridized carbons (Fsp3) is 0.438. The number of fused-ring (bicyclic) bond motifs is 3. The Labute approximate surface area is 249 Å². The second-order valence-corrected chi connectivity index (χ2v) is 13.4. The number of hydrogen-bond donors (Lipinski definition) is 1. The molecule has 0 bridgehead atoms. The molecule has 2 fully saturated rings.